The Morgan fingerprint density at radius 3 is 2.41 bits per heavy atom. The van der Waals surface area contributed by atoms with Gasteiger partial charge in [0.1, 0.15) is 28.6 Å². The summed E-state index contributed by atoms with van der Waals surface area (Å²) in [7, 11) is -2.68. The predicted molar refractivity (Wildman–Crippen MR) is 153 cm³/mol. The van der Waals surface area contributed by atoms with Gasteiger partial charge >= 0.3 is 16.1 Å². The zero-order valence-corrected chi connectivity index (χ0v) is 24.7. The molecule has 0 aliphatic rings. The summed E-state index contributed by atoms with van der Waals surface area (Å²) in [6.07, 6.45) is 1.82. The van der Waals surface area contributed by atoms with E-state index in [1.165, 1.54) is 25.3 Å². The highest BCUT2D eigenvalue weighted by molar-refractivity contribution is 9.10. The summed E-state index contributed by atoms with van der Waals surface area (Å²) < 4.78 is 44.7. The summed E-state index contributed by atoms with van der Waals surface area (Å²) in [6.45, 7) is 8.11. The molecule has 4 aromatic rings. The van der Waals surface area contributed by atoms with Crippen LogP contribution in [0.5, 0.6) is 11.5 Å². The van der Waals surface area contributed by atoms with Crippen molar-refractivity contribution < 1.29 is 26.9 Å². The molecule has 0 saturated carbocycles. The lowest BCUT2D eigenvalue weighted by molar-refractivity contribution is -0.140. The van der Waals surface area contributed by atoms with Gasteiger partial charge in [-0.3, -0.25) is 9.20 Å². The lowest BCUT2D eigenvalue weighted by atomic mass is 9.87. The third-order valence-electron chi connectivity index (χ3n) is 5.93. The van der Waals surface area contributed by atoms with Gasteiger partial charge in [0.25, 0.3) is 0 Å². The number of hydrogen-bond donors (Lipinski definition) is 1. The molecule has 2 aromatic heterocycles. The van der Waals surface area contributed by atoms with Gasteiger partial charge in [-0.2, -0.15) is 8.42 Å². The number of anilines is 1. The molecule has 0 radical (unpaired) electrons. The number of rotatable bonds is 9. The number of aromatic nitrogens is 2. The molecular formula is C28H30BrN3O6S. The topological polar surface area (TPSA) is 108 Å². The number of methoxy groups -OCH3 is 1. The maximum Gasteiger partial charge on any atom is 0.339 e. The summed E-state index contributed by atoms with van der Waals surface area (Å²) in [6, 6.07) is 15.2. The van der Waals surface area contributed by atoms with Gasteiger partial charge in [-0.15, -0.1) is 0 Å². The largest absolute Gasteiger partial charge is 0.493 e. The van der Waals surface area contributed by atoms with Crippen LogP contribution in [-0.4, -0.2) is 44.0 Å². The first kappa shape index (κ1) is 28.4. The molecule has 2 aromatic carbocycles. The molecule has 0 amide bonds. The minimum Gasteiger partial charge on any atom is -0.493 e. The average Bonchev–Trinajstić information content (AvgIpc) is 3.24. The number of halogens is 1. The molecule has 39 heavy (non-hydrogen) atoms. The van der Waals surface area contributed by atoms with E-state index in [9.17, 15) is 13.2 Å². The summed E-state index contributed by atoms with van der Waals surface area (Å²) in [4.78, 5) is 16.8. The van der Waals surface area contributed by atoms with E-state index in [1.807, 2.05) is 18.3 Å². The Labute approximate surface area is 236 Å². The van der Waals surface area contributed by atoms with E-state index in [2.05, 4.69) is 42.0 Å². The molecule has 11 heteroatoms. The highest BCUT2D eigenvalue weighted by Crippen LogP contribution is 2.37. The number of benzene rings is 2. The second-order valence-electron chi connectivity index (χ2n) is 9.72. The summed E-state index contributed by atoms with van der Waals surface area (Å²) in [5.74, 6) is 0.391. The third-order valence-corrected chi connectivity index (χ3v) is 7.65. The quantitative estimate of drug-likeness (QED) is 0.185. The van der Waals surface area contributed by atoms with Crippen molar-refractivity contribution >= 4 is 43.5 Å². The first-order valence-electron chi connectivity index (χ1n) is 12.2. The van der Waals surface area contributed by atoms with Crippen LogP contribution in [0.3, 0.4) is 0 Å². The molecule has 0 aliphatic heterocycles. The Balaban J connectivity index is 1.68. The number of ether oxygens (including phenoxy) is 2. The fourth-order valence-electron chi connectivity index (χ4n) is 3.93. The predicted octanol–water partition coefficient (Wildman–Crippen LogP) is 5.81. The fraction of sp³-hybridized carbons (Fsp3) is 0.286. The van der Waals surface area contributed by atoms with Crippen molar-refractivity contribution in [1.82, 2.24) is 9.38 Å². The first-order chi connectivity index (χ1) is 18.4. The van der Waals surface area contributed by atoms with E-state index in [0.717, 1.165) is 10.0 Å². The number of carbonyl (C=O) groups excluding carboxylic acids is 1. The maximum atomic E-state index is 13.0. The Morgan fingerprint density at radius 2 is 1.77 bits per heavy atom. The molecule has 4 rings (SSSR count). The molecule has 9 nitrogen and oxygen atoms in total. The molecule has 0 aliphatic carbocycles. The molecular weight excluding hydrogens is 586 g/mol. The SMILES string of the molecule is CCOC(=O)CNc1c(-c2ccc(OS(=O)(=O)c3ccc(C(C)(C)C)cc3)c(OC)c2)nc2ccc(Br)cn12. The van der Waals surface area contributed by atoms with E-state index in [1.54, 1.807) is 35.6 Å². The molecule has 0 bridgehead atoms. The highest BCUT2D eigenvalue weighted by Gasteiger charge is 2.23. The van der Waals surface area contributed by atoms with Gasteiger partial charge in [0.15, 0.2) is 11.5 Å². The van der Waals surface area contributed by atoms with E-state index in [0.29, 0.717) is 22.7 Å². The monoisotopic (exact) mass is 615 g/mol. The van der Waals surface area contributed by atoms with E-state index < -0.39 is 16.1 Å². The smallest absolute Gasteiger partial charge is 0.339 e. The van der Waals surface area contributed by atoms with Crippen molar-refractivity contribution in [2.75, 3.05) is 25.6 Å². The van der Waals surface area contributed by atoms with Crippen molar-refractivity contribution in [1.29, 1.82) is 0 Å². The van der Waals surface area contributed by atoms with Crippen LogP contribution in [0.15, 0.2) is 70.2 Å². The molecule has 2 heterocycles. The molecule has 1 N–H and O–H groups in total. The fourth-order valence-corrected chi connectivity index (χ4v) is 5.21. The summed E-state index contributed by atoms with van der Waals surface area (Å²) in [5, 5.41) is 3.11. The van der Waals surface area contributed by atoms with Crippen molar-refractivity contribution in [2.45, 2.75) is 38.0 Å². The molecule has 0 fully saturated rings. The van der Waals surface area contributed by atoms with Crippen LogP contribution in [0.2, 0.25) is 0 Å². The van der Waals surface area contributed by atoms with Gasteiger partial charge in [-0.25, -0.2) is 4.98 Å². The number of carbonyl (C=O) groups is 1. The van der Waals surface area contributed by atoms with E-state index >= 15 is 0 Å². The van der Waals surface area contributed by atoms with Crippen LogP contribution in [0, 0.1) is 0 Å². The van der Waals surface area contributed by atoms with E-state index in [-0.39, 0.29) is 35.0 Å². The second-order valence-corrected chi connectivity index (χ2v) is 12.2. The molecule has 0 saturated heterocycles. The summed E-state index contributed by atoms with van der Waals surface area (Å²) >= 11 is 3.47. The van der Waals surface area contributed by atoms with Gasteiger partial charge in [0.2, 0.25) is 0 Å². The van der Waals surface area contributed by atoms with Crippen LogP contribution < -0.4 is 14.2 Å². The Morgan fingerprint density at radius 1 is 1.05 bits per heavy atom. The zero-order chi connectivity index (χ0) is 28.4. The number of hydrogen-bond acceptors (Lipinski definition) is 8. The maximum absolute atomic E-state index is 13.0. The highest BCUT2D eigenvalue weighted by atomic mass is 79.9. The zero-order valence-electron chi connectivity index (χ0n) is 22.3. The number of nitrogens with zero attached hydrogens (tertiary/aromatic N) is 2. The van der Waals surface area contributed by atoms with Crippen LogP contribution in [-0.2, 0) is 25.1 Å². The van der Waals surface area contributed by atoms with Gasteiger partial charge in [0, 0.05) is 16.2 Å². The van der Waals surface area contributed by atoms with E-state index in [4.69, 9.17) is 18.6 Å². The Kier molecular flexibility index (Phi) is 8.22. The number of imidazole rings is 1. The summed E-state index contributed by atoms with van der Waals surface area (Å²) in [5.41, 5.74) is 2.69. The molecule has 206 valence electrons. The molecule has 0 unspecified atom stereocenters. The van der Waals surface area contributed by atoms with Gasteiger partial charge in [0.05, 0.1) is 13.7 Å². The Hall–Kier alpha value is -3.57. The minimum absolute atomic E-state index is 0.0358. The molecule has 0 atom stereocenters. The number of nitrogens with one attached hydrogen (secondary N) is 1. The van der Waals surface area contributed by atoms with Crippen molar-refractivity contribution in [3.8, 4) is 22.8 Å². The normalized spacial score (nSPS) is 11.8. The lowest BCUT2D eigenvalue weighted by Gasteiger charge is -2.19. The first-order valence-corrected chi connectivity index (χ1v) is 14.4. The standard InChI is InChI=1S/C28H30BrN3O6S/c1-6-37-25(33)16-30-27-26(31-24-14-10-20(29)17-32(24)27)18-7-13-22(23(15-18)36-5)38-39(34,35)21-11-8-19(9-12-21)28(2,3)4/h7-15,17,30H,6,16H2,1-5H3. The van der Waals surface area contributed by atoms with Crippen molar-refractivity contribution in [2.24, 2.45) is 0 Å². The number of esters is 1. The molecule has 0 spiro atoms. The number of pyridine rings is 1. The van der Waals surface area contributed by atoms with Crippen molar-refractivity contribution in [3.05, 3.63) is 70.8 Å². The Bertz CT molecular complexity index is 1610. The van der Waals surface area contributed by atoms with Gasteiger partial charge in [-0.1, -0.05) is 32.9 Å². The van der Waals surface area contributed by atoms with Crippen LogP contribution in [0.1, 0.15) is 33.3 Å². The van der Waals surface area contributed by atoms with Crippen LogP contribution >= 0.6 is 15.9 Å². The van der Waals surface area contributed by atoms with Gasteiger partial charge in [-0.05, 0) is 76.3 Å². The second kappa shape index (κ2) is 11.3. The average molecular weight is 617 g/mol. The van der Waals surface area contributed by atoms with Crippen molar-refractivity contribution in [3.63, 3.8) is 0 Å². The minimum atomic E-state index is -4.11. The lowest BCUT2D eigenvalue weighted by Crippen LogP contribution is -2.17. The third kappa shape index (κ3) is 6.36. The number of fused-ring (bicyclic) bond motifs is 1. The van der Waals surface area contributed by atoms with Crippen LogP contribution in [0.4, 0.5) is 5.82 Å². The van der Waals surface area contributed by atoms with Gasteiger partial charge < -0.3 is 19.0 Å². The van der Waals surface area contributed by atoms with Crippen LogP contribution in [0.25, 0.3) is 16.9 Å².